The molecule has 0 aliphatic heterocycles. The van der Waals surface area contributed by atoms with E-state index < -0.39 is 0 Å². The van der Waals surface area contributed by atoms with Crippen LogP contribution in [0.5, 0.6) is 0 Å². The summed E-state index contributed by atoms with van der Waals surface area (Å²) < 4.78 is 2.75. The summed E-state index contributed by atoms with van der Waals surface area (Å²) in [6.07, 6.45) is 3.66. The number of hydrogen-bond acceptors (Lipinski definition) is 2. The van der Waals surface area contributed by atoms with E-state index in [0.717, 1.165) is 15.6 Å². The predicted molar refractivity (Wildman–Crippen MR) is 81.1 cm³/mol. The van der Waals surface area contributed by atoms with Crippen LogP contribution >= 0.6 is 15.9 Å². The van der Waals surface area contributed by atoms with Gasteiger partial charge < -0.3 is 10.2 Å². The molecular weight excluding hydrogens is 320 g/mol. The highest BCUT2D eigenvalue weighted by atomic mass is 79.9. The van der Waals surface area contributed by atoms with Crippen molar-refractivity contribution in [1.29, 1.82) is 0 Å². The van der Waals surface area contributed by atoms with E-state index in [4.69, 9.17) is 0 Å². The molecule has 0 saturated carbocycles. The predicted octanol–water partition coefficient (Wildman–Crippen LogP) is 2.52. The van der Waals surface area contributed by atoms with E-state index in [-0.39, 0.29) is 6.03 Å². The van der Waals surface area contributed by atoms with Crippen molar-refractivity contribution in [2.24, 2.45) is 7.05 Å². The third-order valence-corrected chi connectivity index (χ3v) is 3.41. The van der Waals surface area contributed by atoms with E-state index >= 15 is 0 Å². The molecule has 5 nitrogen and oxygen atoms in total. The first-order chi connectivity index (χ1) is 9.54. The van der Waals surface area contributed by atoms with E-state index in [1.807, 2.05) is 37.5 Å². The molecule has 2 aromatic rings. The summed E-state index contributed by atoms with van der Waals surface area (Å²) in [5.41, 5.74) is 2.07. The van der Waals surface area contributed by atoms with Crippen LogP contribution in [-0.2, 0) is 20.1 Å². The average Bonchev–Trinajstić information content (AvgIpc) is 2.83. The van der Waals surface area contributed by atoms with Gasteiger partial charge in [-0.05, 0) is 17.7 Å². The lowest BCUT2D eigenvalue weighted by Gasteiger charge is -2.17. The van der Waals surface area contributed by atoms with Gasteiger partial charge in [-0.3, -0.25) is 4.68 Å². The SMILES string of the molecule is CN(Cc1cnn(C)c1)C(=O)NCc1ccc(Br)cc1. The molecular formula is C14H17BrN4O. The Labute approximate surface area is 126 Å². The zero-order valence-electron chi connectivity index (χ0n) is 11.5. The smallest absolute Gasteiger partial charge is 0.317 e. The number of hydrogen-bond donors (Lipinski definition) is 1. The molecule has 106 valence electrons. The molecule has 0 bridgehead atoms. The number of rotatable bonds is 4. The van der Waals surface area contributed by atoms with Crippen LogP contribution in [0.1, 0.15) is 11.1 Å². The van der Waals surface area contributed by atoms with Gasteiger partial charge in [0.1, 0.15) is 0 Å². The average molecular weight is 337 g/mol. The Morgan fingerprint density at radius 3 is 2.65 bits per heavy atom. The molecule has 2 amide bonds. The van der Waals surface area contributed by atoms with Crippen LogP contribution in [0.15, 0.2) is 41.1 Å². The Kier molecular flexibility index (Phi) is 4.79. The third-order valence-electron chi connectivity index (χ3n) is 2.88. The minimum atomic E-state index is -0.100. The molecule has 0 radical (unpaired) electrons. The fourth-order valence-electron chi connectivity index (χ4n) is 1.81. The largest absolute Gasteiger partial charge is 0.334 e. The summed E-state index contributed by atoms with van der Waals surface area (Å²) in [5.74, 6) is 0. The van der Waals surface area contributed by atoms with E-state index in [0.29, 0.717) is 13.1 Å². The fraction of sp³-hybridized carbons (Fsp3) is 0.286. The van der Waals surface area contributed by atoms with E-state index in [2.05, 4.69) is 26.3 Å². The van der Waals surface area contributed by atoms with E-state index in [1.54, 1.807) is 22.8 Å². The van der Waals surface area contributed by atoms with Gasteiger partial charge in [-0.2, -0.15) is 5.10 Å². The Balaban J connectivity index is 1.83. The Bertz CT molecular complexity index is 579. The van der Waals surface area contributed by atoms with Crippen LogP contribution < -0.4 is 5.32 Å². The van der Waals surface area contributed by atoms with Crippen LogP contribution in [-0.4, -0.2) is 27.8 Å². The Morgan fingerprint density at radius 2 is 2.05 bits per heavy atom. The maximum absolute atomic E-state index is 12.0. The molecule has 0 spiro atoms. The second-order valence-corrected chi connectivity index (χ2v) is 5.58. The van der Waals surface area contributed by atoms with Gasteiger partial charge in [-0.15, -0.1) is 0 Å². The minimum Gasteiger partial charge on any atom is -0.334 e. The zero-order valence-corrected chi connectivity index (χ0v) is 13.1. The summed E-state index contributed by atoms with van der Waals surface area (Å²) in [6.45, 7) is 1.06. The second-order valence-electron chi connectivity index (χ2n) is 4.66. The third kappa shape index (κ3) is 4.09. The lowest BCUT2D eigenvalue weighted by molar-refractivity contribution is 0.206. The number of benzene rings is 1. The van der Waals surface area contributed by atoms with Gasteiger partial charge in [-0.1, -0.05) is 28.1 Å². The number of urea groups is 1. The topological polar surface area (TPSA) is 50.2 Å². The standard InChI is InChI=1S/C14H17BrN4O/c1-18(9-12-8-17-19(2)10-12)14(20)16-7-11-3-5-13(15)6-4-11/h3-6,8,10H,7,9H2,1-2H3,(H,16,20). The normalized spacial score (nSPS) is 10.3. The molecule has 6 heteroatoms. The molecule has 1 heterocycles. The highest BCUT2D eigenvalue weighted by Crippen LogP contribution is 2.10. The monoisotopic (exact) mass is 336 g/mol. The maximum atomic E-state index is 12.0. The molecule has 0 aliphatic rings. The number of aryl methyl sites for hydroxylation is 1. The van der Waals surface area contributed by atoms with Crippen molar-refractivity contribution in [3.63, 3.8) is 0 Å². The zero-order chi connectivity index (χ0) is 14.5. The van der Waals surface area contributed by atoms with Crippen molar-refractivity contribution < 1.29 is 4.79 Å². The molecule has 1 N–H and O–H groups in total. The van der Waals surface area contributed by atoms with Gasteiger partial charge in [0.05, 0.1) is 12.7 Å². The number of carbonyl (C=O) groups excluding carboxylic acids is 1. The second kappa shape index (κ2) is 6.56. The molecule has 1 aromatic heterocycles. The first kappa shape index (κ1) is 14.6. The Hall–Kier alpha value is -1.82. The van der Waals surface area contributed by atoms with Crippen molar-refractivity contribution in [2.45, 2.75) is 13.1 Å². The summed E-state index contributed by atoms with van der Waals surface area (Å²) in [4.78, 5) is 13.6. The number of aromatic nitrogens is 2. The number of halogens is 1. The summed E-state index contributed by atoms with van der Waals surface area (Å²) in [7, 11) is 3.63. The van der Waals surface area contributed by atoms with Crippen LogP contribution in [0.3, 0.4) is 0 Å². The van der Waals surface area contributed by atoms with Gasteiger partial charge in [0.15, 0.2) is 0 Å². The van der Waals surface area contributed by atoms with Gasteiger partial charge in [0.25, 0.3) is 0 Å². The van der Waals surface area contributed by atoms with Crippen molar-refractivity contribution in [2.75, 3.05) is 7.05 Å². The number of nitrogens with zero attached hydrogens (tertiary/aromatic N) is 3. The molecule has 0 fully saturated rings. The van der Waals surface area contributed by atoms with Gasteiger partial charge in [-0.25, -0.2) is 4.79 Å². The number of amides is 2. The molecule has 20 heavy (non-hydrogen) atoms. The highest BCUT2D eigenvalue weighted by Gasteiger charge is 2.09. The quantitative estimate of drug-likeness (QED) is 0.932. The van der Waals surface area contributed by atoms with Crippen molar-refractivity contribution in [1.82, 2.24) is 20.0 Å². The molecule has 0 saturated heterocycles. The molecule has 2 rings (SSSR count). The minimum absolute atomic E-state index is 0.100. The van der Waals surface area contributed by atoms with Crippen molar-refractivity contribution >= 4 is 22.0 Å². The molecule has 0 unspecified atom stereocenters. The van der Waals surface area contributed by atoms with E-state index in [9.17, 15) is 4.79 Å². The summed E-state index contributed by atoms with van der Waals surface area (Å²) in [5, 5.41) is 6.97. The van der Waals surface area contributed by atoms with Crippen LogP contribution in [0.2, 0.25) is 0 Å². The van der Waals surface area contributed by atoms with Crippen LogP contribution in [0.25, 0.3) is 0 Å². The highest BCUT2D eigenvalue weighted by molar-refractivity contribution is 9.10. The van der Waals surface area contributed by atoms with Crippen molar-refractivity contribution in [3.8, 4) is 0 Å². The lowest BCUT2D eigenvalue weighted by atomic mass is 10.2. The van der Waals surface area contributed by atoms with Crippen LogP contribution in [0, 0.1) is 0 Å². The number of nitrogens with one attached hydrogen (secondary N) is 1. The maximum Gasteiger partial charge on any atom is 0.317 e. The Morgan fingerprint density at radius 1 is 1.35 bits per heavy atom. The summed E-state index contributed by atoms with van der Waals surface area (Å²) >= 11 is 3.38. The fourth-order valence-corrected chi connectivity index (χ4v) is 2.08. The molecule has 0 aliphatic carbocycles. The summed E-state index contributed by atoms with van der Waals surface area (Å²) in [6, 6.07) is 7.77. The van der Waals surface area contributed by atoms with Crippen LogP contribution in [0.4, 0.5) is 4.79 Å². The first-order valence-corrected chi connectivity index (χ1v) is 7.05. The lowest BCUT2D eigenvalue weighted by Crippen LogP contribution is -2.36. The van der Waals surface area contributed by atoms with Crippen molar-refractivity contribution in [3.05, 3.63) is 52.3 Å². The molecule has 1 aromatic carbocycles. The number of carbonyl (C=O) groups is 1. The molecule has 0 atom stereocenters. The van der Waals surface area contributed by atoms with Gasteiger partial charge in [0.2, 0.25) is 0 Å². The van der Waals surface area contributed by atoms with E-state index in [1.165, 1.54) is 0 Å². The van der Waals surface area contributed by atoms with Gasteiger partial charge in [0, 0.05) is 36.9 Å². The first-order valence-electron chi connectivity index (χ1n) is 6.25. The van der Waals surface area contributed by atoms with Gasteiger partial charge >= 0.3 is 6.03 Å².